The van der Waals surface area contributed by atoms with E-state index < -0.39 is 5.97 Å². The van der Waals surface area contributed by atoms with Crippen molar-refractivity contribution in [2.75, 3.05) is 13.1 Å². The van der Waals surface area contributed by atoms with E-state index >= 15 is 0 Å². The Morgan fingerprint density at radius 3 is 2.50 bits per heavy atom. The zero-order valence-electron chi connectivity index (χ0n) is 25.0. The predicted molar refractivity (Wildman–Crippen MR) is 172 cm³/mol. The van der Waals surface area contributed by atoms with Crippen LogP contribution in [0.4, 0.5) is 0 Å². The van der Waals surface area contributed by atoms with Crippen LogP contribution in [0.25, 0.3) is 0 Å². The molecule has 220 valence electrons. The Labute approximate surface area is 243 Å². The zero-order valence-corrected chi connectivity index (χ0v) is 25.0. The number of carbonyl (C=O) groups excluding carboxylic acids is 1. The predicted octanol–water partition coefficient (Wildman–Crippen LogP) is 8.28. The van der Waals surface area contributed by atoms with E-state index in [1.165, 1.54) is 5.57 Å². The maximum absolute atomic E-state index is 12.8. The summed E-state index contributed by atoms with van der Waals surface area (Å²) in [6.07, 6.45) is 32.8. The molecule has 1 amide bonds. The van der Waals surface area contributed by atoms with E-state index in [9.17, 15) is 9.59 Å². The average Bonchev–Trinajstić information content (AvgIpc) is 3.52. The Morgan fingerprint density at radius 2 is 1.88 bits per heavy atom. The Morgan fingerprint density at radius 1 is 1.12 bits per heavy atom. The molecule has 2 atom stereocenters. The van der Waals surface area contributed by atoms with Crippen molar-refractivity contribution < 1.29 is 14.7 Å². The van der Waals surface area contributed by atoms with Crippen LogP contribution in [0.15, 0.2) is 95.8 Å². The van der Waals surface area contributed by atoms with Gasteiger partial charge in [-0.1, -0.05) is 67.2 Å². The van der Waals surface area contributed by atoms with Gasteiger partial charge >= 0.3 is 5.97 Å². The lowest BCUT2D eigenvalue weighted by molar-refractivity contribution is -0.137. The molecule has 6 heteroatoms. The van der Waals surface area contributed by atoms with Gasteiger partial charge in [0.05, 0.1) is 5.92 Å². The van der Waals surface area contributed by atoms with Crippen LogP contribution in [0.2, 0.25) is 0 Å². The molecule has 0 saturated carbocycles. The summed E-state index contributed by atoms with van der Waals surface area (Å²) >= 11 is 0. The molecule has 1 saturated heterocycles. The topological polar surface area (TPSA) is 82.3 Å². The average molecular weight is 550 g/mol. The van der Waals surface area contributed by atoms with E-state index in [-0.39, 0.29) is 18.2 Å². The van der Waals surface area contributed by atoms with Crippen molar-refractivity contribution >= 4 is 24.3 Å². The number of rotatable bonds is 14. The summed E-state index contributed by atoms with van der Waals surface area (Å²) in [5, 5.41) is 8.63. The maximum Gasteiger partial charge on any atom is 0.303 e. The summed E-state index contributed by atoms with van der Waals surface area (Å²) in [4.78, 5) is 33.8. The van der Waals surface area contributed by atoms with Gasteiger partial charge in [0.1, 0.15) is 0 Å². The number of hydrogen-bond donors (Lipinski definition) is 1. The third-order valence-corrected chi connectivity index (χ3v) is 6.22. The molecular formula is C34H51N3O3. The van der Waals surface area contributed by atoms with Crippen molar-refractivity contribution in [1.82, 2.24) is 4.90 Å². The van der Waals surface area contributed by atoms with E-state index in [2.05, 4.69) is 61.3 Å². The highest BCUT2D eigenvalue weighted by Gasteiger charge is 2.23. The van der Waals surface area contributed by atoms with Gasteiger partial charge in [-0.25, -0.2) is 0 Å². The van der Waals surface area contributed by atoms with Crippen molar-refractivity contribution in [2.24, 2.45) is 21.8 Å². The lowest BCUT2D eigenvalue weighted by Crippen LogP contribution is -2.32. The molecule has 0 aromatic rings. The number of unbranched alkanes of at least 4 members (excludes halogenated alkanes) is 2. The number of carboxylic acid groups (broad SMARTS) is 1. The minimum atomic E-state index is -0.764. The second-order valence-corrected chi connectivity index (χ2v) is 9.48. The van der Waals surface area contributed by atoms with Gasteiger partial charge in [-0.15, -0.1) is 13.2 Å². The molecule has 2 rings (SSSR count). The largest absolute Gasteiger partial charge is 0.481 e. The van der Waals surface area contributed by atoms with Crippen molar-refractivity contribution in [3.05, 3.63) is 85.8 Å². The molecule has 1 aliphatic carbocycles. The molecule has 1 N–H and O–H groups in total. The van der Waals surface area contributed by atoms with Crippen LogP contribution < -0.4 is 0 Å². The van der Waals surface area contributed by atoms with Crippen molar-refractivity contribution in [1.29, 1.82) is 0 Å². The maximum atomic E-state index is 12.8. The number of aliphatic imine (C=N–C) groups is 2. The highest BCUT2D eigenvalue weighted by molar-refractivity contribution is 5.81. The van der Waals surface area contributed by atoms with E-state index in [1.54, 1.807) is 18.6 Å². The number of carbonyl (C=O) groups is 2. The van der Waals surface area contributed by atoms with Crippen LogP contribution in [0.5, 0.6) is 0 Å². The summed E-state index contributed by atoms with van der Waals surface area (Å²) in [5.41, 5.74) is 1.43. The normalized spacial score (nSPS) is 18.0. The Kier molecular flexibility index (Phi) is 23.4. The number of nitrogens with zero attached hydrogens (tertiary/aromatic N) is 3. The van der Waals surface area contributed by atoms with Crippen LogP contribution in [0, 0.1) is 11.8 Å². The molecule has 2 aliphatic rings. The van der Waals surface area contributed by atoms with Gasteiger partial charge in [0.15, 0.2) is 0 Å². The minimum Gasteiger partial charge on any atom is -0.481 e. The number of allylic oxidation sites excluding steroid dienone is 9. The van der Waals surface area contributed by atoms with E-state index in [1.807, 2.05) is 48.4 Å². The number of likely N-dealkylation sites (tertiary alicyclic amines) is 1. The second-order valence-electron chi connectivity index (χ2n) is 9.48. The standard InChI is InChI=1S/C24H33N3O3.C8H14.C2H4/c28-23(29)13-5-2-6-15-25-17-14-22(24(30)27-18-7-8-19-27)12-9-16-26-20-21-10-3-1-4-11-21;1-4-6-7-8(3)5-2;1-2/h1,3-4,9-10,14-17,20-22H,2,5-8,11-13,18-19H2,(H,28,29);4,6-7H,5H2,1-3H3;1-2H2/b16-9+,17-14+,25-15?,26-20?;6-4-,8-7-;. The molecule has 40 heavy (non-hydrogen) atoms. The Bertz CT molecular complexity index is 932. The van der Waals surface area contributed by atoms with Gasteiger partial charge in [-0.3, -0.25) is 19.6 Å². The Balaban J connectivity index is 0.00000130. The highest BCUT2D eigenvalue weighted by Crippen LogP contribution is 2.17. The van der Waals surface area contributed by atoms with Crippen LogP contribution >= 0.6 is 0 Å². The zero-order chi connectivity index (χ0) is 29.8. The molecule has 1 aliphatic heterocycles. The van der Waals surface area contributed by atoms with Crippen LogP contribution in [0.1, 0.15) is 78.6 Å². The van der Waals surface area contributed by atoms with E-state index in [0.717, 1.165) is 51.6 Å². The van der Waals surface area contributed by atoms with Crippen molar-refractivity contribution in [3.8, 4) is 0 Å². The van der Waals surface area contributed by atoms with Gasteiger partial charge in [0, 0.05) is 50.3 Å². The lowest BCUT2D eigenvalue weighted by atomic mass is 10.0. The fraction of sp³-hybridized carbons (Fsp3) is 0.471. The van der Waals surface area contributed by atoms with E-state index in [0.29, 0.717) is 18.8 Å². The molecular weight excluding hydrogens is 498 g/mol. The van der Waals surface area contributed by atoms with Gasteiger partial charge in [-0.2, -0.15) is 0 Å². The summed E-state index contributed by atoms with van der Waals surface area (Å²) in [5.74, 6) is -0.517. The quantitative estimate of drug-likeness (QED) is 0.102. The lowest BCUT2D eigenvalue weighted by Gasteiger charge is -2.19. The summed E-state index contributed by atoms with van der Waals surface area (Å²) in [7, 11) is 0. The second kappa shape index (κ2) is 25.7. The third-order valence-electron chi connectivity index (χ3n) is 6.22. The highest BCUT2D eigenvalue weighted by atomic mass is 16.4. The fourth-order valence-electron chi connectivity index (χ4n) is 3.75. The molecule has 0 aromatic heterocycles. The van der Waals surface area contributed by atoms with Gasteiger partial charge in [-0.05, 0) is 65.2 Å². The molecule has 1 heterocycles. The smallest absolute Gasteiger partial charge is 0.303 e. The summed E-state index contributed by atoms with van der Waals surface area (Å²) < 4.78 is 0. The van der Waals surface area contributed by atoms with Crippen LogP contribution in [0.3, 0.4) is 0 Å². The SMILES string of the molecule is C/C=C\C=C(\C)CC.C=C.O=C(O)CCCCC=N/C=C/C(C/C=C/N=CC1C=CC=CC1)C(=O)N1CCCC1. The van der Waals surface area contributed by atoms with E-state index in [4.69, 9.17) is 5.11 Å². The first kappa shape index (κ1) is 36.5. The molecule has 2 unspecified atom stereocenters. The number of aliphatic carboxylic acids is 1. The van der Waals surface area contributed by atoms with Crippen LogP contribution in [-0.2, 0) is 9.59 Å². The number of hydrogen-bond acceptors (Lipinski definition) is 4. The number of carboxylic acids is 1. The fourth-order valence-corrected chi connectivity index (χ4v) is 3.75. The van der Waals surface area contributed by atoms with Gasteiger partial charge < -0.3 is 10.0 Å². The van der Waals surface area contributed by atoms with Crippen molar-refractivity contribution in [2.45, 2.75) is 78.6 Å². The monoisotopic (exact) mass is 549 g/mol. The van der Waals surface area contributed by atoms with Gasteiger partial charge in [0.25, 0.3) is 0 Å². The summed E-state index contributed by atoms with van der Waals surface area (Å²) in [6.45, 7) is 14.0. The molecule has 6 nitrogen and oxygen atoms in total. The van der Waals surface area contributed by atoms with Crippen LogP contribution in [-0.4, -0.2) is 47.4 Å². The molecule has 0 radical (unpaired) electrons. The first-order valence-electron chi connectivity index (χ1n) is 14.5. The summed E-state index contributed by atoms with van der Waals surface area (Å²) in [6, 6.07) is 0. The van der Waals surface area contributed by atoms with Crippen molar-refractivity contribution in [3.63, 3.8) is 0 Å². The Hall–Kier alpha value is -3.54. The third kappa shape index (κ3) is 19.5. The first-order chi connectivity index (χ1) is 19.5. The first-order valence-corrected chi connectivity index (χ1v) is 14.5. The molecule has 0 bridgehead atoms. The van der Waals surface area contributed by atoms with Gasteiger partial charge in [0.2, 0.25) is 5.91 Å². The number of amides is 1. The molecule has 0 spiro atoms. The molecule has 0 aromatic carbocycles. The molecule has 1 fully saturated rings. The minimum absolute atomic E-state index is 0.148.